The van der Waals surface area contributed by atoms with Crippen molar-refractivity contribution in [1.29, 1.82) is 0 Å². The average molecular weight is 488 g/mol. The molecule has 3 aromatic heterocycles. The van der Waals surface area contributed by atoms with Gasteiger partial charge in [0.25, 0.3) is 0 Å². The summed E-state index contributed by atoms with van der Waals surface area (Å²) in [6.07, 6.45) is 2.19. The largest absolute Gasteiger partial charge is 0.308 e. The third-order valence-corrected chi connectivity index (χ3v) is 9.14. The maximum Gasteiger partial charge on any atom is 0.226 e. The Bertz CT molecular complexity index is 1860. The molecule has 7 aromatic rings. The molecule has 4 aromatic carbocycles. The summed E-state index contributed by atoms with van der Waals surface area (Å²) in [4.78, 5) is 2.68. The summed E-state index contributed by atoms with van der Waals surface area (Å²) in [6, 6.07) is 37.4. The topological polar surface area (TPSA) is 8.81 Å². The molecule has 0 N–H and O–H groups in total. The van der Waals surface area contributed by atoms with Crippen molar-refractivity contribution in [3.63, 3.8) is 0 Å². The van der Waals surface area contributed by atoms with Crippen LogP contribution in [0.3, 0.4) is 0 Å². The summed E-state index contributed by atoms with van der Waals surface area (Å²) in [5.74, 6) is 0. The van der Waals surface area contributed by atoms with E-state index in [4.69, 9.17) is 0 Å². The van der Waals surface area contributed by atoms with E-state index < -0.39 is 0 Å². The van der Waals surface area contributed by atoms with Crippen LogP contribution in [0.15, 0.2) is 108 Å². The molecule has 0 saturated carbocycles. The number of rotatable bonds is 3. The monoisotopic (exact) mass is 487 g/mol. The molecule has 0 aliphatic rings. The van der Waals surface area contributed by atoms with Gasteiger partial charge in [-0.1, -0.05) is 66.7 Å². The highest BCUT2D eigenvalue weighted by atomic mass is 32.2. The van der Waals surface area contributed by atoms with Gasteiger partial charge in [0.15, 0.2) is 0 Å². The Morgan fingerprint density at radius 1 is 0.686 bits per heavy atom. The predicted octanol–water partition coefficient (Wildman–Crippen LogP) is 8.37. The van der Waals surface area contributed by atoms with Crippen LogP contribution in [0.4, 0.5) is 0 Å². The first kappa shape index (κ1) is 20.7. The molecule has 0 atom stereocenters. The molecule has 0 aliphatic carbocycles. The molecule has 7 rings (SSSR count). The molecule has 0 amide bonds. The summed E-state index contributed by atoms with van der Waals surface area (Å²) < 4.78 is 6.14. The number of fused-ring (bicyclic) bond motifs is 5. The third kappa shape index (κ3) is 3.00. The van der Waals surface area contributed by atoms with Gasteiger partial charge in [0, 0.05) is 37.9 Å². The zero-order chi connectivity index (χ0) is 23.5. The van der Waals surface area contributed by atoms with Gasteiger partial charge < -0.3 is 4.57 Å². The number of hydrogen-bond acceptors (Lipinski definition) is 2. The van der Waals surface area contributed by atoms with Crippen molar-refractivity contribution < 1.29 is 4.57 Å². The fourth-order valence-electron chi connectivity index (χ4n) is 5.39. The first-order chi connectivity index (χ1) is 17.3. The van der Waals surface area contributed by atoms with Crippen molar-refractivity contribution in [2.45, 2.75) is 4.90 Å². The lowest BCUT2D eigenvalue weighted by Crippen LogP contribution is -2.32. The zero-order valence-corrected chi connectivity index (χ0v) is 21.2. The fraction of sp³-hybridized carbons (Fsp3) is 0.0645. The number of thiophene rings is 1. The van der Waals surface area contributed by atoms with E-state index >= 15 is 0 Å². The Hall–Kier alpha value is -3.60. The van der Waals surface area contributed by atoms with Crippen LogP contribution in [0, 0.1) is 0 Å². The molecule has 2 nitrogen and oxygen atoms in total. The maximum atomic E-state index is 2.45. The van der Waals surface area contributed by atoms with Gasteiger partial charge in [-0.2, -0.15) is 4.57 Å². The molecular weight excluding hydrogens is 464 g/mol. The lowest BCUT2D eigenvalue weighted by Gasteiger charge is -2.13. The highest BCUT2D eigenvalue weighted by Crippen LogP contribution is 2.44. The van der Waals surface area contributed by atoms with E-state index in [1.807, 2.05) is 23.1 Å². The third-order valence-electron chi connectivity index (χ3n) is 6.98. The number of benzene rings is 4. The number of thioether (sulfide) groups is 1. The lowest BCUT2D eigenvalue weighted by atomic mass is 10.1. The summed E-state index contributed by atoms with van der Waals surface area (Å²) >= 11 is 3.73. The van der Waals surface area contributed by atoms with E-state index in [-0.39, 0.29) is 0 Å². The molecule has 0 saturated heterocycles. The molecule has 0 aliphatic heterocycles. The Labute approximate surface area is 212 Å². The van der Waals surface area contributed by atoms with E-state index in [0.29, 0.717) is 0 Å². The van der Waals surface area contributed by atoms with Crippen LogP contribution in [-0.2, 0) is 7.05 Å². The number of hydrogen-bond donors (Lipinski definition) is 0. The van der Waals surface area contributed by atoms with E-state index in [1.165, 1.54) is 63.9 Å². The first-order valence-corrected chi connectivity index (χ1v) is 13.8. The molecule has 3 heterocycles. The molecule has 0 unspecified atom stereocenters. The number of aryl methyl sites for hydroxylation is 1. The summed E-state index contributed by atoms with van der Waals surface area (Å²) in [5.41, 5.74) is 6.16. The minimum atomic E-state index is 1.22. The second kappa shape index (κ2) is 7.98. The number of pyridine rings is 1. The predicted molar refractivity (Wildman–Crippen MR) is 152 cm³/mol. The number of para-hydroxylation sites is 3. The van der Waals surface area contributed by atoms with Crippen LogP contribution in [-0.4, -0.2) is 10.8 Å². The summed E-state index contributed by atoms with van der Waals surface area (Å²) in [6.45, 7) is 0. The van der Waals surface area contributed by atoms with Crippen molar-refractivity contribution in [1.82, 2.24) is 4.57 Å². The second-order valence-electron chi connectivity index (χ2n) is 8.82. The fourth-order valence-corrected chi connectivity index (χ4v) is 7.67. The number of nitrogens with zero attached hydrogens (tertiary/aromatic N) is 2. The van der Waals surface area contributed by atoms with Crippen LogP contribution < -0.4 is 4.57 Å². The molecule has 0 fully saturated rings. The first-order valence-electron chi connectivity index (χ1n) is 11.7. The second-order valence-corrected chi connectivity index (χ2v) is 10.7. The lowest BCUT2D eigenvalue weighted by molar-refractivity contribution is -0.633. The smallest absolute Gasteiger partial charge is 0.226 e. The maximum absolute atomic E-state index is 2.45. The standard InChI is InChI=1S/C31H23N2S2/c1-32-24-15-7-5-13-22(24)27(19-28(32)31-30(34-2)23-14-6-10-18-29(23)35-31)33-25-16-8-3-11-20(25)21-12-4-9-17-26(21)33/h3-19H,1-2H3/q+1. The Kier molecular flexibility index (Phi) is 4.73. The van der Waals surface area contributed by atoms with Crippen molar-refractivity contribution in [3.8, 4) is 16.3 Å². The Morgan fingerprint density at radius 2 is 1.26 bits per heavy atom. The van der Waals surface area contributed by atoms with Crippen molar-refractivity contribution in [2.24, 2.45) is 7.05 Å². The molecule has 168 valence electrons. The van der Waals surface area contributed by atoms with Gasteiger partial charge in [0.2, 0.25) is 11.2 Å². The van der Waals surface area contributed by atoms with Crippen LogP contribution in [0.2, 0.25) is 0 Å². The van der Waals surface area contributed by atoms with Gasteiger partial charge in [-0.3, -0.25) is 0 Å². The Balaban J connectivity index is 1.65. The molecule has 0 spiro atoms. The van der Waals surface area contributed by atoms with Crippen LogP contribution in [0.5, 0.6) is 0 Å². The van der Waals surface area contributed by atoms with Crippen LogP contribution >= 0.6 is 23.1 Å². The minimum Gasteiger partial charge on any atom is -0.308 e. The normalized spacial score (nSPS) is 11.8. The van der Waals surface area contributed by atoms with Crippen molar-refractivity contribution >= 4 is 65.9 Å². The summed E-state index contributed by atoms with van der Waals surface area (Å²) in [7, 11) is 2.20. The summed E-state index contributed by atoms with van der Waals surface area (Å²) in [5, 5.41) is 5.16. The SMILES string of the molecule is CSc1c(-c2cc(-n3c4ccccc4c4ccccc43)c3ccccc3[n+]2C)sc2ccccc12. The molecule has 35 heavy (non-hydrogen) atoms. The van der Waals surface area contributed by atoms with Gasteiger partial charge >= 0.3 is 0 Å². The molecule has 4 heteroatoms. The van der Waals surface area contributed by atoms with Crippen LogP contribution in [0.1, 0.15) is 0 Å². The average Bonchev–Trinajstić information content (AvgIpc) is 3.45. The molecule has 0 radical (unpaired) electrons. The van der Waals surface area contributed by atoms with E-state index in [0.717, 1.165) is 0 Å². The quantitative estimate of drug-likeness (QED) is 0.180. The van der Waals surface area contributed by atoms with E-state index in [9.17, 15) is 0 Å². The van der Waals surface area contributed by atoms with Gasteiger partial charge in [-0.15, -0.1) is 23.1 Å². The molecule has 0 bridgehead atoms. The van der Waals surface area contributed by atoms with E-state index in [1.54, 1.807) is 0 Å². The van der Waals surface area contributed by atoms with Crippen molar-refractivity contribution in [3.05, 3.63) is 103 Å². The molecular formula is C31H23N2S2+. The Morgan fingerprint density at radius 3 is 1.94 bits per heavy atom. The minimum absolute atomic E-state index is 1.22. The van der Waals surface area contributed by atoms with E-state index in [2.05, 4.69) is 126 Å². The highest BCUT2D eigenvalue weighted by molar-refractivity contribution is 7.99. The van der Waals surface area contributed by atoms with Gasteiger partial charge in [0.05, 0.1) is 22.1 Å². The van der Waals surface area contributed by atoms with Gasteiger partial charge in [0.1, 0.15) is 11.9 Å². The van der Waals surface area contributed by atoms with Crippen molar-refractivity contribution in [2.75, 3.05) is 6.26 Å². The highest BCUT2D eigenvalue weighted by Gasteiger charge is 2.25. The van der Waals surface area contributed by atoms with Crippen LogP contribution in [0.25, 0.3) is 59.1 Å². The van der Waals surface area contributed by atoms with Gasteiger partial charge in [-0.05, 0) is 30.5 Å². The zero-order valence-electron chi connectivity index (χ0n) is 19.5. The van der Waals surface area contributed by atoms with Gasteiger partial charge in [-0.25, -0.2) is 0 Å². The number of aromatic nitrogens is 2.